The molecule has 0 saturated heterocycles. The molecule has 0 atom stereocenters. The van der Waals surface area contributed by atoms with Crippen molar-refractivity contribution in [2.24, 2.45) is 11.5 Å². The fourth-order valence-electron chi connectivity index (χ4n) is 0. The zero-order valence-electron chi connectivity index (χ0n) is 3.57. The summed E-state index contributed by atoms with van der Waals surface area (Å²) >= 11 is 0. The van der Waals surface area contributed by atoms with Gasteiger partial charge in [-0.2, -0.15) is 0 Å². The summed E-state index contributed by atoms with van der Waals surface area (Å²) in [5.74, 6) is 0. The van der Waals surface area contributed by atoms with Crippen LogP contribution in [0.5, 0.6) is 0 Å². The van der Waals surface area contributed by atoms with Crippen LogP contribution >= 0.6 is 0 Å². The molecular weight excluding hydrogens is 130 g/mol. The van der Waals surface area contributed by atoms with E-state index in [4.69, 9.17) is 11.5 Å². The van der Waals surface area contributed by atoms with Crippen molar-refractivity contribution in [1.82, 2.24) is 0 Å². The van der Waals surface area contributed by atoms with E-state index in [9.17, 15) is 0 Å². The average molecular weight is 144 g/mol. The maximum atomic E-state index is 4.90. The molecule has 0 radical (unpaired) electrons. The van der Waals surface area contributed by atoms with Crippen molar-refractivity contribution < 1.29 is 11.0 Å². The first-order chi connectivity index (χ1) is 1.91. The van der Waals surface area contributed by atoms with Gasteiger partial charge in [-0.05, 0) is 0 Å². The molecule has 0 fully saturated rings. The zero-order valence-corrected chi connectivity index (χ0v) is 3.57. The second kappa shape index (κ2) is 36.8. The Morgan fingerprint density at radius 2 is 0.875 bits per heavy atom. The molecule has 46 valence electrons. The molecule has 0 spiro atoms. The zero-order chi connectivity index (χ0) is 3.41. The van der Waals surface area contributed by atoms with Gasteiger partial charge in [-0.3, -0.25) is 0 Å². The van der Waals surface area contributed by atoms with Gasteiger partial charge in [-0.1, -0.05) is 0 Å². The third-order valence-corrected chi connectivity index (χ3v) is 0.167. The summed E-state index contributed by atoms with van der Waals surface area (Å²) in [5, 5.41) is 0. The van der Waals surface area contributed by atoms with Gasteiger partial charge in [-0.15, -0.1) is 0 Å². The van der Waals surface area contributed by atoms with Crippen molar-refractivity contribution >= 4 is 59.1 Å². The molecule has 0 saturated carbocycles. The maximum absolute atomic E-state index is 4.90. The van der Waals surface area contributed by atoms with Crippen LogP contribution in [0, 0.1) is 0 Å². The van der Waals surface area contributed by atoms with Crippen LogP contribution in [0.4, 0.5) is 0 Å². The third kappa shape index (κ3) is 45.5. The molecule has 0 bridgehead atoms. The van der Waals surface area contributed by atoms with Crippen molar-refractivity contribution in [1.29, 1.82) is 0 Å². The van der Waals surface area contributed by atoms with Crippen molar-refractivity contribution in [2.75, 3.05) is 13.1 Å². The topological polar surface area (TPSA) is 115 Å². The standard InChI is InChI=1S/C2H8N2.2Na.2H2O.2H/c3-1-2-4;;;;;;/h1-4H2;;;2*1H2;;. The van der Waals surface area contributed by atoms with Gasteiger partial charge in [0.2, 0.25) is 0 Å². The van der Waals surface area contributed by atoms with E-state index < -0.39 is 0 Å². The van der Waals surface area contributed by atoms with Crippen molar-refractivity contribution in [3.8, 4) is 0 Å². The fourth-order valence-corrected chi connectivity index (χ4v) is 0. The van der Waals surface area contributed by atoms with Crippen LogP contribution in [0.15, 0.2) is 0 Å². The molecule has 0 aromatic rings. The Balaban J connectivity index is -0.00000000750. The molecule has 0 rings (SSSR count). The van der Waals surface area contributed by atoms with E-state index in [1.165, 1.54) is 0 Å². The quantitative estimate of drug-likeness (QED) is 0.364. The molecule has 0 heterocycles. The summed E-state index contributed by atoms with van der Waals surface area (Å²) in [6.07, 6.45) is 0. The molecule has 0 aromatic heterocycles. The van der Waals surface area contributed by atoms with E-state index in [0.29, 0.717) is 13.1 Å². The van der Waals surface area contributed by atoms with Crippen LogP contribution < -0.4 is 11.5 Å². The van der Waals surface area contributed by atoms with E-state index >= 15 is 0 Å². The van der Waals surface area contributed by atoms with Crippen LogP contribution in [0.3, 0.4) is 0 Å². The molecule has 0 aliphatic rings. The molecule has 0 aliphatic heterocycles. The SMILES string of the molecule is NCCN.O.O.[NaH].[NaH]. The summed E-state index contributed by atoms with van der Waals surface area (Å²) in [4.78, 5) is 0. The Kier molecular flexibility index (Phi) is 151. The van der Waals surface area contributed by atoms with E-state index in [0.717, 1.165) is 0 Å². The van der Waals surface area contributed by atoms with Gasteiger partial charge in [0.15, 0.2) is 0 Å². The van der Waals surface area contributed by atoms with E-state index in [1.54, 1.807) is 0 Å². The molecule has 4 nitrogen and oxygen atoms in total. The summed E-state index contributed by atoms with van der Waals surface area (Å²) in [6.45, 7) is 1.19. The summed E-state index contributed by atoms with van der Waals surface area (Å²) < 4.78 is 0. The second-order valence-electron chi connectivity index (χ2n) is 0.577. The molecule has 6 heteroatoms. The Morgan fingerprint density at radius 3 is 0.875 bits per heavy atom. The third-order valence-electron chi connectivity index (χ3n) is 0.167. The number of hydrogen-bond acceptors (Lipinski definition) is 2. The average Bonchev–Trinajstić information content (AvgIpc) is 1.37. The second-order valence-corrected chi connectivity index (χ2v) is 0.577. The first kappa shape index (κ1) is 32.8. The minimum atomic E-state index is 0. The van der Waals surface area contributed by atoms with Crippen molar-refractivity contribution in [3.63, 3.8) is 0 Å². The number of nitrogens with two attached hydrogens (primary N) is 2. The Morgan fingerprint density at radius 1 is 0.750 bits per heavy atom. The Bertz CT molecular complexity index is 18.0. The predicted molar refractivity (Wildman–Crippen MR) is 39.6 cm³/mol. The van der Waals surface area contributed by atoms with Gasteiger partial charge in [0.25, 0.3) is 0 Å². The van der Waals surface area contributed by atoms with Gasteiger partial charge >= 0.3 is 59.1 Å². The summed E-state index contributed by atoms with van der Waals surface area (Å²) in [6, 6.07) is 0. The normalized spacial score (nSPS) is 3.75. The van der Waals surface area contributed by atoms with Crippen LogP contribution in [0.2, 0.25) is 0 Å². The minimum absolute atomic E-state index is 0. The first-order valence-electron chi connectivity index (χ1n) is 1.32. The van der Waals surface area contributed by atoms with Crippen LogP contribution in [-0.4, -0.2) is 83.2 Å². The van der Waals surface area contributed by atoms with Crippen LogP contribution in [0.1, 0.15) is 0 Å². The predicted octanol–water partition coefficient (Wildman–Crippen LogP) is -4.04. The van der Waals surface area contributed by atoms with E-state index in [-0.39, 0.29) is 70.1 Å². The molecular formula is C2H14N2Na2O2. The molecule has 0 aliphatic carbocycles. The summed E-state index contributed by atoms with van der Waals surface area (Å²) in [5.41, 5.74) is 9.81. The van der Waals surface area contributed by atoms with E-state index in [2.05, 4.69) is 0 Å². The van der Waals surface area contributed by atoms with Gasteiger partial charge in [0.1, 0.15) is 0 Å². The molecule has 0 aromatic carbocycles. The molecule has 0 amide bonds. The van der Waals surface area contributed by atoms with Gasteiger partial charge in [-0.25, -0.2) is 0 Å². The Labute approximate surface area is 93.6 Å². The molecule has 8 heavy (non-hydrogen) atoms. The van der Waals surface area contributed by atoms with Crippen LogP contribution in [0.25, 0.3) is 0 Å². The van der Waals surface area contributed by atoms with Crippen LogP contribution in [-0.2, 0) is 0 Å². The molecule has 0 unspecified atom stereocenters. The van der Waals surface area contributed by atoms with Crippen molar-refractivity contribution in [3.05, 3.63) is 0 Å². The van der Waals surface area contributed by atoms with Gasteiger partial charge < -0.3 is 22.4 Å². The number of rotatable bonds is 1. The molecule has 8 N–H and O–H groups in total. The first-order valence-corrected chi connectivity index (χ1v) is 1.32. The van der Waals surface area contributed by atoms with Crippen molar-refractivity contribution in [2.45, 2.75) is 0 Å². The van der Waals surface area contributed by atoms with E-state index in [1.807, 2.05) is 0 Å². The Hall–Kier alpha value is 1.84. The summed E-state index contributed by atoms with van der Waals surface area (Å²) in [7, 11) is 0. The van der Waals surface area contributed by atoms with Gasteiger partial charge in [0, 0.05) is 13.1 Å². The number of hydrogen-bond donors (Lipinski definition) is 2. The van der Waals surface area contributed by atoms with Gasteiger partial charge in [0.05, 0.1) is 0 Å². The monoisotopic (exact) mass is 144 g/mol. The fraction of sp³-hybridized carbons (Fsp3) is 1.00.